The second-order valence-electron chi connectivity index (χ2n) is 5.86. The first-order valence-electron chi connectivity index (χ1n) is 7.93. The van der Waals surface area contributed by atoms with Crippen molar-refractivity contribution in [1.29, 1.82) is 0 Å². The number of nitrogens with zero attached hydrogens (tertiary/aromatic N) is 1. The molecule has 2 aromatic rings. The van der Waals surface area contributed by atoms with Gasteiger partial charge in [-0.1, -0.05) is 31.1 Å². The Morgan fingerprint density at radius 2 is 2.09 bits per heavy atom. The fraction of sp³-hybridized carbons (Fsp3) is 0.444. The maximum atomic E-state index is 12.6. The lowest BCUT2D eigenvalue weighted by molar-refractivity contribution is 0.0936. The van der Waals surface area contributed by atoms with E-state index in [1.165, 1.54) is 0 Å². The predicted octanol–water partition coefficient (Wildman–Crippen LogP) is 4.00. The zero-order valence-electron chi connectivity index (χ0n) is 14.3. The highest BCUT2D eigenvalue weighted by molar-refractivity contribution is 5.96. The second kappa shape index (κ2) is 7.31. The maximum absolute atomic E-state index is 12.6. The number of aryl methyl sites for hydroxylation is 1. The lowest BCUT2D eigenvalue weighted by atomic mass is 10.0. The van der Waals surface area contributed by atoms with Crippen molar-refractivity contribution in [2.45, 2.75) is 46.6 Å². The fourth-order valence-electron chi connectivity index (χ4n) is 2.45. The molecular weight excluding hydrogens is 292 g/mol. The summed E-state index contributed by atoms with van der Waals surface area (Å²) in [5.41, 5.74) is 2.14. The van der Waals surface area contributed by atoms with Gasteiger partial charge in [0, 0.05) is 5.92 Å². The van der Waals surface area contributed by atoms with Gasteiger partial charge in [-0.3, -0.25) is 4.79 Å². The Hall–Kier alpha value is -2.30. The lowest BCUT2D eigenvalue weighted by Crippen LogP contribution is -2.27. The molecule has 23 heavy (non-hydrogen) atoms. The molecule has 5 heteroatoms. The smallest absolute Gasteiger partial charge is 0.257 e. The number of carbonyl (C=O) groups excluding carboxylic acids is 1. The third kappa shape index (κ3) is 3.92. The molecule has 1 aromatic carbocycles. The molecule has 0 fully saturated rings. The van der Waals surface area contributed by atoms with Crippen LogP contribution in [0.3, 0.4) is 0 Å². The number of aromatic nitrogens is 1. The van der Waals surface area contributed by atoms with Crippen LogP contribution in [0.15, 0.2) is 28.8 Å². The van der Waals surface area contributed by atoms with Crippen LogP contribution in [0.2, 0.25) is 0 Å². The number of hydrogen-bond acceptors (Lipinski definition) is 4. The molecule has 0 saturated carbocycles. The van der Waals surface area contributed by atoms with Crippen molar-refractivity contribution in [3.8, 4) is 5.75 Å². The van der Waals surface area contributed by atoms with Crippen LogP contribution in [-0.4, -0.2) is 17.7 Å². The summed E-state index contributed by atoms with van der Waals surface area (Å²) in [4.78, 5) is 12.6. The Labute approximate surface area is 137 Å². The average Bonchev–Trinajstić information content (AvgIpc) is 2.90. The quantitative estimate of drug-likeness (QED) is 0.875. The van der Waals surface area contributed by atoms with Crippen molar-refractivity contribution in [1.82, 2.24) is 10.5 Å². The van der Waals surface area contributed by atoms with E-state index in [0.717, 1.165) is 11.3 Å². The summed E-state index contributed by atoms with van der Waals surface area (Å²) < 4.78 is 10.8. The van der Waals surface area contributed by atoms with E-state index in [-0.39, 0.29) is 17.9 Å². The van der Waals surface area contributed by atoms with Crippen molar-refractivity contribution >= 4 is 5.91 Å². The van der Waals surface area contributed by atoms with Gasteiger partial charge >= 0.3 is 0 Å². The summed E-state index contributed by atoms with van der Waals surface area (Å²) >= 11 is 0. The highest BCUT2D eigenvalue weighted by Gasteiger charge is 2.23. The first-order chi connectivity index (χ1) is 10.9. The molecule has 5 nitrogen and oxygen atoms in total. The Kier molecular flexibility index (Phi) is 5.42. The second-order valence-corrected chi connectivity index (χ2v) is 5.86. The van der Waals surface area contributed by atoms with Crippen molar-refractivity contribution < 1.29 is 14.1 Å². The molecule has 1 N–H and O–H groups in total. The van der Waals surface area contributed by atoms with E-state index >= 15 is 0 Å². The van der Waals surface area contributed by atoms with Gasteiger partial charge in [0.25, 0.3) is 5.91 Å². The molecule has 0 aliphatic rings. The fourth-order valence-corrected chi connectivity index (χ4v) is 2.45. The number of benzene rings is 1. The van der Waals surface area contributed by atoms with Gasteiger partial charge < -0.3 is 14.6 Å². The highest BCUT2D eigenvalue weighted by atomic mass is 16.5. The van der Waals surface area contributed by atoms with E-state index in [1.807, 2.05) is 52.0 Å². The highest BCUT2D eigenvalue weighted by Crippen LogP contribution is 2.24. The van der Waals surface area contributed by atoms with Gasteiger partial charge in [-0.05, 0) is 38.5 Å². The number of carbonyl (C=O) groups is 1. The molecule has 0 radical (unpaired) electrons. The van der Waals surface area contributed by atoms with Crippen molar-refractivity contribution in [2.24, 2.45) is 0 Å². The SMILES string of the molecule is CCOc1cccc(C(C)NC(=O)c2c(C)noc2C(C)C)c1. The van der Waals surface area contributed by atoms with Crippen molar-refractivity contribution in [2.75, 3.05) is 6.61 Å². The molecule has 2 rings (SSSR count). The summed E-state index contributed by atoms with van der Waals surface area (Å²) in [6.07, 6.45) is 0. The molecule has 0 spiro atoms. The number of ether oxygens (including phenoxy) is 1. The van der Waals surface area contributed by atoms with Crippen molar-refractivity contribution in [3.63, 3.8) is 0 Å². The Morgan fingerprint density at radius 1 is 1.35 bits per heavy atom. The average molecular weight is 316 g/mol. The lowest BCUT2D eigenvalue weighted by Gasteiger charge is -2.16. The topological polar surface area (TPSA) is 64.4 Å². The van der Waals surface area contributed by atoms with Gasteiger partial charge in [0.1, 0.15) is 11.3 Å². The summed E-state index contributed by atoms with van der Waals surface area (Å²) in [5, 5.41) is 6.93. The molecule has 0 saturated heterocycles. The zero-order chi connectivity index (χ0) is 17.0. The summed E-state index contributed by atoms with van der Waals surface area (Å²) in [6.45, 7) is 10.2. The van der Waals surface area contributed by atoms with Gasteiger partial charge in [-0.25, -0.2) is 0 Å². The summed E-state index contributed by atoms with van der Waals surface area (Å²) in [5.74, 6) is 1.36. The molecule has 1 unspecified atom stereocenters. The van der Waals surface area contributed by atoms with E-state index < -0.39 is 0 Å². The minimum Gasteiger partial charge on any atom is -0.494 e. The monoisotopic (exact) mass is 316 g/mol. The molecule has 124 valence electrons. The molecule has 0 aliphatic carbocycles. The normalized spacial score (nSPS) is 12.3. The van der Waals surface area contributed by atoms with Gasteiger partial charge in [0.2, 0.25) is 0 Å². The van der Waals surface area contributed by atoms with Crippen LogP contribution in [0.5, 0.6) is 5.75 Å². The Morgan fingerprint density at radius 3 is 2.74 bits per heavy atom. The maximum Gasteiger partial charge on any atom is 0.257 e. The number of nitrogens with one attached hydrogen (secondary N) is 1. The van der Waals surface area contributed by atoms with E-state index in [9.17, 15) is 4.79 Å². The Balaban J connectivity index is 2.17. The predicted molar refractivity (Wildman–Crippen MR) is 88.8 cm³/mol. The van der Waals surface area contributed by atoms with E-state index in [1.54, 1.807) is 6.92 Å². The molecule has 0 bridgehead atoms. The van der Waals surface area contributed by atoms with Gasteiger partial charge in [-0.15, -0.1) is 0 Å². The third-order valence-electron chi connectivity index (χ3n) is 3.66. The largest absolute Gasteiger partial charge is 0.494 e. The van der Waals surface area contributed by atoms with Crippen LogP contribution >= 0.6 is 0 Å². The number of rotatable bonds is 6. The first kappa shape index (κ1) is 17.1. The molecule has 1 amide bonds. The van der Waals surface area contributed by atoms with E-state index in [4.69, 9.17) is 9.26 Å². The third-order valence-corrected chi connectivity index (χ3v) is 3.66. The van der Waals surface area contributed by atoms with Gasteiger partial charge in [-0.2, -0.15) is 0 Å². The first-order valence-corrected chi connectivity index (χ1v) is 7.93. The van der Waals surface area contributed by atoms with Crippen LogP contribution in [0, 0.1) is 6.92 Å². The summed E-state index contributed by atoms with van der Waals surface area (Å²) in [6, 6.07) is 7.60. The van der Waals surface area contributed by atoms with Crippen molar-refractivity contribution in [3.05, 3.63) is 46.8 Å². The molecule has 1 heterocycles. The van der Waals surface area contributed by atoms with E-state index in [0.29, 0.717) is 23.6 Å². The van der Waals surface area contributed by atoms with Crippen LogP contribution in [0.25, 0.3) is 0 Å². The zero-order valence-corrected chi connectivity index (χ0v) is 14.3. The van der Waals surface area contributed by atoms with Gasteiger partial charge in [0.05, 0.1) is 18.3 Å². The number of hydrogen-bond donors (Lipinski definition) is 1. The minimum atomic E-state index is -0.165. The van der Waals surface area contributed by atoms with Gasteiger partial charge in [0.15, 0.2) is 5.76 Å². The Bertz CT molecular complexity index is 677. The standard InChI is InChI=1S/C18H24N2O3/c1-6-22-15-9-7-8-14(10-15)12(4)19-18(21)16-13(5)20-23-17(16)11(2)3/h7-12H,6H2,1-5H3,(H,19,21). The summed E-state index contributed by atoms with van der Waals surface area (Å²) in [7, 11) is 0. The molecule has 1 atom stereocenters. The van der Waals surface area contributed by atoms with Crippen LogP contribution < -0.4 is 10.1 Å². The van der Waals surface area contributed by atoms with Crippen LogP contribution in [0.1, 0.15) is 67.0 Å². The minimum absolute atomic E-state index is 0.105. The molecule has 1 aromatic heterocycles. The van der Waals surface area contributed by atoms with Crippen LogP contribution in [-0.2, 0) is 0 Å². The van der Waals surface area contributed by atoms with Crippen LogP contribution in [0.4, 0.5) is 0 Å². The molecular formula is C18H24N2O3. The molecule has 0 aliphatic heterocycles. The van der Waals surface area contributed by atoms with E-state index in [2.05, 4.69) is 10.5 Å². The number of amides is 1.